The highest BCUT2D eigenvalue weighted by atomic mass is 19.3. The third kappa shape index (κ3) is 5.43. The highest BCUT2D eigenvalue weighted by molar-refractivity contribution is 5.77. The van der Waals surface area contributed by atoms with Crippen LogP contribution in [0.5, 0.6) is 0 Å². The molecule has 0 atom stereocenters. The first-order valence-corrected chi connectivity index (χ1v) is 2.58. The number of carbonyl (C=O) groups is 1. The topological polar surface area (TPSA) is 38.3 Å². The highest BCUT2D eigenvalue weighted by Crippen LogP contribution is 1.91. The molecule has 59 valence electrons. The second kappa shape index (κ2) is 5.10. The number of amides is 1. The molecule has 0 saturated carbocycles. The van der Waals surface area contributed by atoms with Crippen molar-refractivity contribution in [3.8, 4) is 0 Å². The van der Waals surface area contributed by atoms with Crippen molar-refractivity contribution in [2.24, 2.45) is 0 Å². The van der Waals surface area contributed by atoms with Crippen molar-refractivity contribution in [1.82, 2.24) is 5.32 Å². The van der Waals surface area contributed by atoms with Crippen LogP contribution in [-0.2, 0) is 9.53 Å². The fourth-order valence-electron chi connectivity index (χ4n) is 0.292. The van der Waals surface area contributed by atoms with E-state index in [0.29, 0.717) is 0 Å². The van der Waals surface area contributed by atoms with Crippen LogP contribution in [0.25, 0.3) is 0 Å². The van der Waals surface area contributed by atoms with Gasteiger partial charge in [0.05, 0.1) is 0 Å². The SMILES string of the molecule is [CH2]NC(=O)COCC(F)F. The first-order valence-electron chi connectivity index (χ1n) is 2.58. The van der Waals surface area contributed by atoms with Crippen LogP contribution < -0.4 is 5.32 Å². The van der Waals surface area contributed by atoms with E-state index in [-0.39, 0.29) is 6.61 Å². The molecule has 1 amide bonds. The second-order valence-corrected chi connectivity index (χ2v) is 1.51. The molecule has 0 fully saturated rings. The number of alkyl halides is 2. The maximum Gasteiger partial charge on any atom is 0.261 e. The predicted molar refractivity (Wildman–Crippen MR) is 30.3 cm³/mol. The molecule has 0 unspecified atom stereocenters. The van der Waals surface area contributed by atoms with Gasteiger partial charge < -0.3 is 10.1 Å². The van der Waals surface area contributed by atoms with Gasteiger partial charge in [-0.2, -0.15) is 0 Å². The van der Waals surface area contributed by atoms with E-state index in [9.17, 15) is 13.6 Å². The number of halogens is 2. The lowest BCUT2D eigenvalue weighted by Crippen LogP contribution is -2.22. The largest absolute Gasteiger partial charge is 0.366 e. The smallest absolute Gasteiger partial charge is 0.261 e. The van der Waals surface area contributed by atoms with Gasteiger partial charge in [-0.3, -0.25) is 4.79 Å². The predicted octanol–water partition coefficient (Wildman–Crippen LogP) is 0.176. The zero-order valence-electron chi connectivity index (χ0n) is 5.27. The number of ether oxygens (including phenoxy) is 1. The van der Waals surface area contributed by atoms with Gasteiger partial charge in [0, 0.05) is 7.05 Å². The van der Waals surface area contributed by atoms with Crippen LogP contribution in [0.15, 0.2) is 0 Å². The summed E-state index contributed by atoms with van der Waals surface area (Å²) in [5.74, 6) is -0.513. The first kappa shape index (κ1) is 9.29. The number of rotatable bonds is 4. The zero-order chi connectivity index (χ0) is 7.98. The van der Waals surface area contributed by atoms with Gasteiger partial charge in [0.25, 0.3) is 6.43 Å². The van der Waals surface area contributed by atoms with E-state index in [0.717, 1.165) is 0 Å². The Morgan fingerprint density at radius 2 is 2.30 bits per heavy atom. The van der Waals surface area contributed by atoms with E-state index in [1.54, 1.807) is 0 Å². The van der Waals surface area contributed by atoms with E-state index in [4.69, 9.17) is 0 Å². The fourth-order valence-corrected chi connectivity index (χ4v) is 0.292. The third-order valence-corrected chi connectivity index (χ3v) is 0.674. The Morgan fingerprint density at radius 3 is 2.70 bits per heavy atom. The molecule has 1 N–H and O–H groups in total. The lowest BCUT2D eigenvalue weighted by Gasteiger charge is -2.00. The van der Waals surface area contributed by atoms with E-state index in [1.165, 1.54) is 0 Å². The average molecular weight is 152 g/mol. The maximum atomic E-state index is 11.3. The molecule has 1 radical (unpaired) electrons. The Hall–Kier alpha value is -0.710. The van der Waals surface area contributed by atoms with E-state index < -0.39 is 18.9 Å². The second-order valence-electron chi connectivity index (χ2n) is 1.51. The molecule has 0 aromatic heterocycles. The number of carbonyl (C=O) groups excluding carboxylic acids is 1. The fraction of sp³-hybridized carbons (Fsp3) is 0.600. The van der Waals surface area contributed by atoms with Crippen LogP contribution in [-0.4, -0.2) is 25.5 Å². The summed E-state index contributed by atoms with van der Waals surface area (Å²) in [6.07, 6.45) is -2.53. The molecule has 0 heterocycles. The highest BCUT2D eigenvalue weighted by Gasteiger charge is 2.03. The minimum Gasteiger partial charge on any atom is -0.366 e. The molecule has 0 bridgehead atoms. The van der Waals surface area contributed by atoms with E-state index in [1.807, 2.05) is 5.32 Å². The minimum atomic E-state index is -2.53. The minimum absolute atomic E-state index is 0.367. The normalized spacial score (nSPS) is 10.0. The van der Waals surface area contributed by atoms with Crippen LogP contribution in [0.4, 0.5) is 8.78 Å². The maximum absolute atomic E-state index is 11.3. The molecule has 5 heteroatoms. The number of nitrogens with one attached hydrogen (secondary N) is 1. The molecule has 0 aromatic carbocycles. The Kier molecular flexibility index (Phi) is 4.74. The van der Waals surface area contributed by atoms with Crippen molar-refractivity contribution < 1.29 is 18.3 Å². The van der Waals surface area contributed by atoms with E-state index in [2.05, 4.69) is 11.8 Å². The van der Waals surface area contributed by atoms with Crippen molar-refractivity contribution in [2.45, 2.75) is 6.43 Å². The summed E-state index contributed by atoms with van der Waals surface area (Å²) in [4.78, 5) is 10.2. The lowest BCUT2D eigenvalue weighted by atomic mass is 10.6. The van der Waals surface area contributed by atoms with Gasteiger partial charge in [-0.05, 0) is 0 Å². The monoisotopic (exact) mass is 152 g/mol. The first-order chi connectivity index (χ1) is 4.66. The quantitative estimate of drug-likeness (QED) is 0.623. The third-order valence-electron chi connectivity index (χ3n) is 0.674. The van der Waals surface area contributed by atoms with Gasteiger partial charge in [-0.1, -0.05) is 0 Å². The van der Waals surface area contributed by atoms with Crippen LogP contribution in [0.3, 0.4) is 0 Å². The molecular weight excluding hydrogens is 144 g/mol. The molecule has 0 rings (SSSR count). The molecule has 0 aliphatic heterocycles. The van der Waals surface area contributed by atoms with Crippen molar-refractivity contribution in [3.05, 3.63) is 7.05 Å². The summed E-state index contributed by atoms with van der Waals surface area (Å²) in [6, 6.07) is 0. The van der Waals surface area contributed by atoms with Gasteiger partial charge in [-0.25, -0.2) is 8.78 Å². The summed E-state index contributed by atoms with van der Waals surface area (Å²) < 4.78 is 26.9. The summed E-state index contributed by atoms with van der Waals surface area (Å²) in [5, 5.41) is 1.98. The molecule has 0 aromatic rings. The van der Waals surface area contributed by atoms with Crippen LogP contribution >= 0.6 is 0 Å². The van der Waals surface area contributed by atoms with Crippen LogP contribution in [0.1, 0.15) is 0 Å². The van der Waals surface area contributed by atoms with Gasteiger partial charge in [0.2, 0.25) is 5.91 Å². The van der Waals surface area contributed by atoms with Gasteiger partial charge in [-0.15, -0.1) is 0 Å². The Bertz CT molecular complexity index is 108. The summed E-state index contributed by atoms with van der Waals surface area (Å²) >= 11 is 0. The summed E-state index contributed by atoms with van der Waals surface area (Å²) in [7, 11) is 3.02. The Morgan fingerprint density at radius 1 is 1.70 bits per heavy atom. The Balaban J connectivity index is 3.12. The molecule has 0 aliphatic carbocycles. The summed E-state index contributed by atoms with van der Waals surface area (Å²) in [6.45, 7) is -1.08. The average Bonchev–Trinajstić information content (AvgIpc) is 1.87. The molecular formula is C5H8F2NO2. The van der Waals surface area contributed by atoms with Gasteiger partial charge in [0.15, 0.2) is 0 Å². The number of hydrogen-bond donors (Lipinski definition) is 1. The number of hydrogen-bond acceptors (Lipinski definition) is 2. The van der Waals surface area contributed by atoms with Crippen LogP contribution in [0.2, 0.25) is 0 Å². The molecule has 0 spiro atoms. The molecule has 0 saturated heterocycles. The molecule has 0 aliphatic rings. The van der Waals surface area contributed by atoms with Crippen molar-refractivity contribution in [2.75, 3.05) is 13.2 Å². The van der Waals surface area contributed by atoms with Crippen molar-refractivity contribution in [1.29, 1.82) is 0 Å². The standard InChI is InChI=1S/C5H8F2NO2/c1-8-5(9)3-10-2-4(6)7/h4H,1-3H2,(H,8,9). The van der Waals surface area contributed by atoms with Gasteiger partial charge >= 0.3 is 0 Å². The molecule has 3 nitrogen and oxygen atoms in total. The zero-order valence-corrected chi connectivity index (χ0v) is 5.27. The lowest BCUT2D eigenvalue weighted by molar-refractivity contribution is -0.126. The van der Waals surface area contributed by atoms with Crippen LogP contribution in [0, 0.1) is 7.05 Å². The Labute approximate surface area is 57.4 Å². The van der Waals surface area contributed by atoms with Crippen molar-refractivity contribution >= 4 is 5.91 Å². The summed E-state index contributed by atoms with van der Waals surface area (Å²) in [5.41, 5.74) is 0. The van der Waals surface area contributed by atoms with Gasteiger partial charge in [0.1, 0.15) is 13.2 Å². The van der Waals surface area contributed by atoms with Crippen molar-refractivity contribution in [3.63, 3.8) is 0 Å². The molecule has 10 heavy (non-hydrogen) atoms. The van der Waals surface area contributed by atoms with E-state index >= 15 is 0 Å².